The topological polar surface area (TPSA) is 26.3 Å². The fraction of sp³-hybridized carbons (Fsp3) is 0.438. The van der Waals surface area contributed by atoms with Gasteiger partial charge in [-0.3, -0.25) is 4.79 Å². The van der Waals surface area contributed by atoms with Gasteiger partial charge in [-0.1, -0.05) is 41.5 Å². The molecule has 1 aromatic rings. The van der Waals surface area contributed by atoms with Crippen LogP contribution in [0.15, 0.2) is 41.5 Å². The van der Waals surface area contributed by atoms with Crippen molar-refractivity contribution in [3.8, 4) is 0 Å². The molecule has 0 saturated carbocycles. The normalized spacial score (nSPS) is 23.9. The van der Waals surface area contributed by atoms with Crippen LogP contribution in [0.25, 0.3) is 0 Å². The number of rotatable bonds is 2. The zero-order valence-corrected chi connectivity index (χ0v) is 11.3. The number of carbonyl (C=O) groups excluding carboxylic acids is 1. The molecule has 0 radical (unpaired) electrons. The summed E-state index contributed by atoms with van der Waals surface area (Å²) in [5.41, 5.74) is 3.97. The quantitative estimate of drug-likeness (QED) is 0.586. The van der Waals surface area contributed by atoms with E-state index in [1.165, 1.54) is 23.8 Å². The van der Waals surface area contributed by atoms with E-state index in [0.29, 0.717) is 0 Å². The third kappa shape index (κ3) is 2.47. The Labute approximate surface area is 109 Å². The number of carbonyl (C=O) groups is 1. The monoisotopic (exact) mass is 244 g/mol. The Kier molecular flexibility index (Phi) is 3.85. The van der Waals surface area contributed by atoms with Gasteiger partial charge in [0.05, 0.1) is 13.0 Å². The Morgan fingerprint density at radius 1 is 1.11 bits per heavy atom. The molecule has 2 nitrogen and oxygen atoms in total. The van der Waals surface area contributed by atoms with Gasteiger partial charge < -0.3 is 4.74 Å². The summed E-state index contributed by atoms with van der Waals surface area (Å²) in [4.78, 5) is 12.0. The minimum atomic E-state index is -0.0873. The second kappa shape index (κ2) is 5.38. The van der Waals surface area contributed by atoms with Crippen molar-refractivity contribution in [2.45, 2.75) is 32.6 Å². The number of methoxy groups -OCH3 is 1. The summed E-state index contributed by atoms with van der Waals surface area (Å²) in [6.45, 7) is 4.28. The van der Waals surface area contributed by atoms with Crippen molar-refractivity contribution >= 4 is 5.97 Å². The van der Waals surface area contributed by atoms with E-state index in [-0.39, 0.29) is 17.8 Å². The first-order valence-electron chi connectivity index (χ1n) is 6.41. The Hall–Kier alpha value is -1.57. The molecule has 0 aliphatic heterocycles. The maximum atomic E-state index is 12.0. The van der Waals surface area contributed by atoms with Gasteiger partial charge in [-0.2, -0.15) is 0 Å². The molecule has 2 heteroatoms. The summed E-state index contributed by atoms with van der Waals surface area (Å²) in [5.74, 6) is 0.124. The van der Waals surface area contributed by atoms with Crippen molar-refractivity contribution in [1.29, 1.82) is 0 Å². The Morgan fingerprint density at radius 2 is 1.72 bits per heavy atom. The van der Waals surface area contributed by atoms with E-state index in [9.17, 15) is 4.79 Å². The van der Waals surface area contributed by atoms with Gasteiger partial charge in [-0.15, -0.1) is 0 Å². The van der Waals surface area contributed by atoms with E-state index in [0.717, 1.165) is 12.8 Å². The van der Waals surface area contributed by atoms with Crippen molar-refractivity contribution in [3.05, 3.63) is 47.0 Å². The molecule has 1 aliphatic carbocycles. The molecular formula is C16H20O2. The summed E-state index contributed by atoms with van der Waals surface area (Å²) >= 11 is 0. The number of allylic oxidation sites excluding steroid dienone is 2. The number of hydrogen-bond donors (Lipinski definition) is 0. The van der Waals surface area contributed by atoms with E-state index >= 15 is 0 Å². The lowest BCUT2D eigenvalue weighted by atomic mass is 9.73. The average molecular weight is 244 g/mol. The first kappa shape index (κ1) is 12.9. The van der Waals surface area contributed by atoms with Crippen LogP contribution in [0.5, 0.6) is 0 Å². The van der Waals surface area contributed by atoms with E-state index in [2.05, 4.69) is 26.0 Å². The highest BCUT2D eigenvalue weighted by Crippen LogP contribution is 2.40. The van der Waals surface area contributed by atoms with Gasteiger partial charge in [0.25, 0.3) is 0 Å². The van der Waals surface area contributed by atoms with Crippen LogP contribution >= 0.6 is 0 Å². The first-order chi connectivity index (χ1) is 8.63. The van der Waals surface area contributed by atoms with E-state index < -0.39 is 0 Å². The summed E-state index contributed by atoms with van der Waals surface area (Å²) < 4.78 is 4.96. The lowest BCUT2D eigenvalue weighted by molar-refractivity contribution is -0.146. The van der Waals surface area contributed by atoms with Crippen LogP contribution in [0.3, 0.4) is 0 Å². The zero-order chi connectivity index (χ0) is 13.1. The van der Waals surface area contributed by atoms with Crippen molar-refractivity contribution in [1.82, 2.24) is 0 Å². The molecule has 0 saturated heterocycles. The van der Waals surface area contributed by atoms with Crippen LogP contribution in [0.1, 0.15) is 38.2 Å². The van der Waals surface area contributed by atoms with Crippen molar-refractivity contribution < 1.29 is 9.53 Å². The van der Waals surface area contributed by atoms with Crippen molar-refractivity contribution in [2.75, 3.05) is 7.11 Å². The maximum absolute atomic E-state index is 12.0. The fourth-order valence-corrected chi connectivity index (χ4v) is 2.74. The second-order valence-corrected chi connectivity index (χ2v) is 5.12. The largest absolute Gasteiger partial charge is 0.469 e. The molecule has 0 heterocycles. The molecule has 1 aliphatic rings. The number of benzene rings is 1. The summed E-state index contributed by atoms with van der Waals surface area (Å²) in [5, 5.41) is 0. The molecule has 2 rings (SSSR count). The first-order valence-corrected chi connectivity index (χ1v) is 6.41. The molecule has 2 atom stereocenters. The van der Waals surface area contributed by atoms with E-state index in [1.807, 2.05) is 18.2 Å². The highest BCUT2D eigenvalue weighted by atomic mass is 16.5. The summed E-state index contributed by atoms with van der Waals surface area (Å²) in [7, 11) is 1.48. The van der Waals surface area contributed by atoms with Crippen molar-refractivity contribution in [2.24, 2.45) is 5.92 Å². The predicted molar refractivity (Wildman–Crippen MR) is 72.3 cm³/mol. The number of ether oxygens (including phenoxy) is 1. The van der Waals surface area contributed by atoms with Gasteiger partial charge in [0, 0.05) is 5.92 Å². The van der Waals surface area contributed by atoms with Gasteiger partial charge in [0.2, 0.25) is 0 Å². The van der Waals surface area contributed by atoms with Crippen LogP contribution in [0, 0.1) is 5.92 Å². The van der Waals surface area contributed by atoms with Gasteiger partial charge in [-0.25, -0.2) is 0 Å². The Morgan fingerprint density at radius 3 is 2.33 bits per heavy atom. The second-order valence-electron chi connectivity index (χ2n) is 5.12. The van der Waals surface area contributed by atoms with Gasteiger partial charge >= 0.3 is 5.97 Å². The predicted octanol–water partition coefficient (Wildman–Crippen LogP) is 3.69. The van der Waals surface area contributed by atoms with Crippen molar-refractivity contribution in [3.63, 3.8) is 0 Å². The van der Waals surface area contributed by atoms with Crippen LogP contribution in [-0.2, 0) is 9.53 Å². The van der Waals surface area contributed by atoms with Gasteiger partial charge in [0.1, 0.15) is 0 Å². The van der Waals surface area contributed by atoms with Crippen LogP contribution in [-0.4, -0.2) is 13.1 Å². The maximum Gasteiger partial charge on any atom is 0.309 e. The van der Waals surface area contributed by atoms with Crippen LogP contribution < -0.4 is 0 Å². The lowest BCUT2D eigenvalue weighted by Gasteiger charge is -2.31. The van der Waals surface area contributed by atoms with E-state index in [4.69, 9.17) is 4.74 Å². The van der Waals surface area contributed by atoms with Gasteiger partial charge in [-0.05, 0) is 32.3 Å². The molecule has 0 unspecified atom stereocenters. The third-order valence-corrected chi connectivity index (χ3v) is 4.00. The minimum absolute atomic E-state index is 0.0406. The van der Waals surface area contributed by atoms with Crippen LogP contribution in [0.4, 0.5) is 0 Å². The molecule has 0 bridgehead atoms. The summed E-state index contributed by atoms with van der Waals surface area (Å²) in [6, 6.07) is 10.3. The molecule has 1 aromatic carbocycles. The number of esters is 1. The lowest BCUT2D eigenvalue weighted by Crippen LogP contribution is -2.27. The molecule has 0 fully saturated rings. The van der Waals surface area contributed by atoms with E-state index in [1.54, 1.807) is 0 Å². The molecule has 18 heavy (non-hydrogen) atoms. The molecule has 0 N–H and O–H groups in total. The SMILES string of the molecule is COC(=O)[C@H]1CC(C)=C(C)C[C@@H]1c1ccccc1. The fourth-order valence-electron chi connectivity index (χ4n) is 2.74. The standard InChI is InChI=1S/C16H20O2/c1-11-9-14(13-7-5-4-6-8-13)15(10-12(11)2)16(17)18-3/h4-8,14-15H,9-10H2,1-3H3/t14-,15+/m1/s1. The molecule has 96 valence electrons. The highest BCUT2D eigenvalue weighted by molar-refractivity contribution is 5.74. The highest BCUT2D eigenvalue weighted by Gasteiger charge is 2.34. The average Bonchev–Trinajstić information content (AvgIpc) is 2.41. The smallest absolute Gasteiger partial charge is 0.309 e. The van der Waals surface area contributed by atoms with Gasteiger partial charge in [0.15, 0.2) is 0 Å². The molecular weight excluding hydrogens is 224 g/mol. The Balaban J connectivity index is 2.34. The number of hydrogen-bond acceptors (Lipinski definition) is 2. The minimum Gasteiger partial charge on any atom is -0.469 e. The molecule has 0 aromatic heterocycles. The summed E-state index contributed by atoms with van der Waals surface area (Å²) in [6.07, 6.45) is 1.77. The zero-order valence-electron chi connectivity index (χ0n) is 11.3. The Bertz CT molecular complexity index is 459. The molecule has 0 amide bonds. The van der Waals surface area contributed by atoms with Crippen LogP contribution in [0.2, 0.25) is 0 Å². The third-order valence-electron chi connectivity index (χ3n) is 4.00. The molecule has 0 spiro atoms.